The maximum absolute atomic E-state index is 12.4. The highest BCUT2D eigenvalue weighted by atomic mass is 32.1. The fraction of sp³-hybridized carbons (Fsp3) is 0.364. The number of nitrogens with zero attached hydrogens (tertiary/aromatic N) is 4. The Hall–Kier alpha value is -4.37. The molecule has 3 aromatic heterocycles. The molecule has 0 unspecified atom stereocenters. The number of aromatic nitrogens is 3. The normalized spacial score (nSPS) is 13.6. The molecule has 11 heteroatoms. The molecule has 0 bridgehead atoms. The van der Waals surface area contributed by atoms with Gasteiger partial charge in [0.2, 0.25) is 0 Å². The number of rotatable bonds is 6. The van der Waals surface area contributed by atoms with E-state index in [1.807, 2.05) is 59.0 Å². The molecular weight excluding hydrogens is 576 g/mol. The van der Waals surface area contributed by atoms with Crippen LogP contribution in [0.5, 0.6) is 5.75 Å². The van der Waals surface area contributed by atoms with Gasteiger partial charge in [-0.1, -0.05) is 57.0 Å². The lowest BCUT2D eigenvalue weighted by Gasteiger charge is -2.26. The van der Waals surface area contributed by atoms with Crippen LogP contribution in [0.2, 0.25) is 0 Å². The van der Waals surface area contributed by atoms with E-state index in [-0.39, 0.29) is 5.41 Å². The third-order valence-electron chi connectivity index (χ3n) is 6.81. The van der Waals surface area contributed by atoms with Gasteiger partial charge in [-0.25, -0.2) is 9.78 Å². The molecule has 2 N–H and O–H groups in total. The van der Waals surface area contributed by atoms with Crippen LogP contribution in [0, 0.1) is 11.8 Å². The molecule has 1 aliphatic heterocycles. The lowest BCUT2D eigenvalue weighted by atomic mass is 9.93. The van der Waals surface area contributed by atoms with E-state index >= 15 is 0 Å². The summed E-state index contributed by atoms with van der Waals surface area (Å²) in [6.07, 6.45) is 1.95. The van der Waals surface area contributed by atoms with Gasteiger partial charge in [0.25, 0.3) is 0 Å². The van der Waals surface area contributed by atoms with Gasteiger partial charge >= 0.3 is 6.03 Å². The summed E-state index contributed by atoms with van der Waals surface area (Å²) in [4.78, 5) is 20.3. The second-order valence-corrected chi connectivity index (χ2v) is 12.1. The van der Waals surface area contributed by atoms with Gasteiger partial charge in [0.1, 0.15) is 23.8 Å². The zero-order valence-electron chi connectivity index (χ0n) is 25.8. The maximum Gasteiger partial charge on any atom is 0.324 e. The van der Waals surface area contributed by atoms with Crippen molar-refractivity contribution in [3.05, 3.63) is 71.7 Å². The number of hydrogen-bond donors (Lipinski definition) is 2. The van der Waals surface area contributed by atoms with Crippen LogP contribution in [0.4, 0.5) is 16.3 Å². The van der Waals surface area contributed by atoms with Gasteiger partial charge < -0.3 is 19.3 Å². The molecule has 10 nitrogen and oxygen atoms in total. The van der Waals surface area contributed by atoms with E-state index in [2.05, 4.69) is 49.1 Å². The number of anilines is 2. The Balaban J connectivity index is 0.00000188. The van der Waals surface area contributed by atoms with Crippen LogP contribution in [0.25, 0.3) is 15.2 Å². The van der Waals surface area contributed by atoms with E-state index in [0.717, 1.165) is 59.3 Å². The Morgan fingerprint density at radius 2 is 1.82 bits per heavy atom. The van der Waals surface area contributed by atoms with Crippen LogP contribution in [0.15, 0.2) is 59.3 Å². The van der Waals surface area contributed by atoms with Gasteiger partial charge in [0.05, 0.1) is 23.4 Å². The summed E-state index contributed by atoms with van der Waals surface area (Å²) < 4.78 is 19.9. The molecule has 2 aromatic carbocycles. The van der Waals surface area contributed by atoms with E-state index in [0.29, 0.717) is 29.6 Å². The van der Waals surface area contributed by atoms with Crippen molar-refractivity contribution in [1.82, 2.24) is 19.4 Å². The van der Waals surface area contributed by atoms with Crippen molar-refractivity contribution in [1.29, 1.82) is 0 Å². The molecule has 1 fully saturated rings. The molecule has 1 aliphatic rings. The minimum absolute atomic E-state index is 0.191. The average molecular weight is 615 g/mol. The molecule has 0 aliphatic carbocycles. The van der Waals surface area contributed by atoms with Crippen LogP contribution in [0.3, 0.4) is 0 Å². The molecule has 1 saturated heterocycles. The topological polar surface area (TPSA) is 106 Å². The monoisotopic (exact) mass is 614 g/mol. The quantitative estimate of drug-likeness (QED) is 0.207. The number of amides is 2. The first-order valence-electron chi connectivity index (χ1n) is 14.8. The van der Waals surface area contributed by atoms with Crippen LogP contribution >= 0.6 is 11.3 Å². The lowest BCUT2D eigenvalue weighted by molar-refractivity contribution is 0.0322. The molecule has 2 amide bonds. The minimum atomic E-state index is -0.403. The van der Waals surface area contributed by atoms with E-state index in [1.54, 1.807) is 29.5 Å². The van der Waals surface area contributed by atoms with E-state index in [4.69, 9.17) is 19.0 Å². The molecule has 0 atom stereocenters. The summed E-state index contributed by atoms with van der Waals surface area (Å²) in [5.74, 6) is 8.22. The van der Waals surface area contributed by atoms with Gasteiger partial charge in [0, 0.05) is 48.6 Å². The first-order valence-corrected chi connectivity index (χ1v) is 15.6. The number of morpholine rings is 1. The Kier molecular flexibility index (Phi) is 9.85. The number of urea groups is 1. The molecule has 0 saturated carbocycles. The molecule has 0 spiro atoms. The molecule has 6 rings (SSSR count). The number of thiazole rings is 1. The zero-order valence-corrected chi connectivity index (χ0v) is 26.6. The Labute approximate surface area is 261 Å². The molecule has 4 heterocycles. The fourth-order valence-corrected chi connectivity index (χ4v) is 5.52. The minimum Gasteiger partial charge on any atom is -0.492 e. The predicted molar refractivity (Wildman–Crippen MR) is 175 cm³/mol. The smallest absolute Gasteiger partial charge is 0.324 e. The first kappa shape index (κ1) is 31.1. The SMILES string of the molecule is CC.CC(C)(C)c1cc(NC(=O)Nc2ccc(C#Cc3cn4c(n3)sc3cc(OCCN5CCOCC5)ccc34)cc2)no1. The molecule has 5 aromatic rings. The number of carbonyl (C=O) groups excluding carboxylic acids is 1. The van der Waals surface area contributed by atoms with Crippen molar-refractivity contribution in [2.45, 2.75) is 40.0 Å². The average Bonchev–Trinajstić information content (AvgIpc) is 3.73. The van der Waals surface area contributed by atoms with Gasteiger partial charge in [-0.3, -0.25) is 14.6 Å². The largest absolute Gasteiger partial charge is 0.492 e. The maximum atomic E-state index is 12.4. The fourth-order valence-electron chi connectivity index (χ4n) is 4.49. The van der Waals surface area contributed by atoms with E-state index in [9.17, 15) is 4.79 Å². The summed E-state index contributed by atoms with van der Waals surface area (Å²) >= 11 is 1.61. The molecule has 44 heavy (non-hydrogen) atoms. The van der Waals surface area contributed by atoms with Crippen LogP contribution < -0.4 is 15.4 Å². The lowest BCUT2D eigenvalue weighted by Crippen LogP contribution is -2.38. The van der Waals surface area contributed by atoms with E-state index < -0.39 is 6.03 Å². The van der Waals surface area contributed by atoms with E-state index in [1.165, 1.54) is 0 Å². The zero-order chi connectivity index (χ0) is 31.1. The van der Waals surface area contributed by atoms with Crippen molar-refractivity contribution in [2.75, 3.05) is 50.1 Å². The number of nitrogens with one attached hydrogen (secondary N) is 2. The van der Waals surface area contributed by atoms with Crippen LogP contribution in [0.1, 0.15) is 51.6 Å². The van der Waals surface area contributed by atoms with Crippen LogP contribution in [-0.2, 0) is 10.2 Å². The standard InChI is InChI=1S/C31H32N6O4S.C2H6/c1-31(2,3)27-19-28(35-41-27)34-29(38)32-22-7-4-21(5-8-22)6-9-23-20-37-25-11-10-24(18-26(25)42-30(37)33-23)40-17-14-36-12-15-39-16-13-36;1-2/h4-5,7-8,10-11,18-20H,12-17H2,1-3H3,(H2,32,34,35,38);1-2H3. The number of carbonyl (C=O) groups is 1. The molecular formula is C33H38N6O4S. The number of benzene rings is 2. The second-order valence-electron chi connectivity index (χ2n) is 11.0. The molecule has 230 valence electrons. The summed E-state index contributed by atoms with van der Waals surface area (Å²) in [5, 5.41) is 9.38. The van der Waals surface area contributed by atoms with Gasteiger partial charge in [-0.05, 0) is 48.4 Å². The third kappa shape index (κ3) is 7.77. The van der Waals surface area contributed by atoms with Crippen molar-refractivity contribution < 1.29 is 18.8 Å². The Morgan fingerprint density at radius 3 is 2.55 bits per heavy atom. The molecule has 0 radical (unpaired) electrons. The summed E-state index contributed by atoms with van der Waals surface area (Å²) in [5.41, 5.74) is 3.02. The Bertz CT molecular complexity index is 1770. The summed E-state index contributed by atoms with van der Waals surface area (Å²) in [6, 6.07) is 14.8. The Morgan fingerprint density at radius 1 is 1.05 bits per heavy atom. The second kappa shape index (κ2) is 13.9. The van der Waals surface area contributed by atoms with Gasteiger partial charge in [-0.2, -0.15) is 0 Å². The highest BCUT2D eigenvalue weighted by Crippen LogP contribution is 2.30. The highest BCUT2D eigenvalue weighted by molar-refractivity contribution is 7.23. The number of ether oxygens (including phenoxy) is 2. The van der Waals surface area contributed by atoms with Crippen molar-refractivity contribution in [3.63, 3.8) is 0 Å². The van der Waals surface area contributed by atoms with Crippen molar-refractivity contribution in [2.24, 2.45) is 0 Å². The number of imidazole rings is 1. The van der Waals surface area contributed by atoms with Crippen LogP contribution in [-0.4, -0.2) is 64.9 Å². The number of fused-ring (bicyclic) bond motifs is 3. The van der Waals surface area contributed by atoms with Crippen molar-refractivity contribution >= 4 is 44.1 Å². The first-order chi connectivity index (χ1) is 21.3. The highest BCUT2D eigenvalue weighted by Gasteiger charge is 2.20. The van der Waals surface area contributed by atoms with Crippen molar-refractivity contribution in [3.8, 4) is 17.6 Å². The third-order valence-corrected chi connectivity index (χ3v) is 7.83. The summed E-state index contributed by atoms with van der Waals surface area (Å²) in [6.45, 7) is 15.1. The number of hydrogen-bond acceptors (Lipinski definition) is 8. The van der Waals surface area contributed by atoms with Gasteiger partial charge in [0.15, 0.2) is 10.8 Å². The van der Waals surface area contributed by atoms with Gasteiger partial charge in [-0.15, -0.1) is 0 Å². The summed E-state index contributed by atoms with van der Waals surface area (Å²) in [7, 11) is 0. The predicted octanol–water partition coefficient (Wildman–Crippen LogP) is 6.62.